The van der Waals surface area contributed by atoms with Crippen LogP contribution in [0.2, 0.25) is 0 Å². The molecule has 1 atom stereocenters. The van der Waals surface area contributed by atoms with Crippen molar-refractivity contribution >= 4 is 23.6 Å². The number of benzene rings is 2. The zero-order chi connectivity index (χ0) is 21.2. The van der Waals surface area contributed by atoms with Crippen LogP contribution in [0, 0.1) is 12.8 Å². The van der Waals surface area contributed by atoms with E-state index in [1.54, 1.807) is 16.7 Å². The number of hydrogen-bond acceptors (Lipinski definition) is 3. The molecule has 156 valence electrons. The van der Waals surface area contributed by atoms with Gasteiger partial charge in [0, 0.05) is 18.8 Å². The fraction of sp³-hybridized carbons (Fsp3) is 0.417. The van der Waals surface area contributed by atoms with Crippen LogP contribution in [0.3, 0.4) is 0 Å². The molecule has 2 rings (SSSR count). The summed E-state index contributed by atoms with van der Waals surface area (Å²) < 4.78 is 0. The van der Waals surface area contributed by atoms with E-state index in [0.717, 1.165) is 11.3 Å². The van der Waals surface area contributed by atoms with Gasteiger partial charge in [0.1, 0.15) is 6.04 Å². The van der Waals surface area contributed by atoms with Crippen molar-refractivity contribution in [3.63, 3.8) is 0 Å². The lowest BCUT2D eigenvalue weighted by molar-refractivity contribution is -0.138. The van der Waals surface area contributed by atoms with Crippen molar-refractivity contribution in [1.29, 1.82) is 0 Å². The van der Waals surface area contributed by atoms with E-state index < -0.39 is 6.04 Å². The van der Waals surface area contributed by atoms with Crippen molar-refractivity contribution in [3.8, 4) is 0 Å². The maximum Gasteiger partial charge on any atom is 0.242 e. The molecule has 4 nitrogen and oxygen atoms in total. The van der Waals surface area contributed by atoms with Crippen molar-refractivity contribution in [2.45, 2.75) is 46.0 Å². The van der Waals surface area contributed by atoms with Crippen molar-refractivity contribution in [2.75, 3.05) is 12.3 Å². The van der Waals surface area contributed by atoms with Gasteiger partial charge in [0.2, 0.25) is 11.8 Å². The highest BCUT2D eigenvalue weighted by molar-refractivity contribution is 7.99. The van der Waals surface area contributed by atoms with Gasteiger partial charge in [-0.15, -0.1) is 11.8 Å². The Labute approximate surface area is 179 Å². The average molecular weight is 413 g/mol. The molecule has 2 aromatic carbocycles. The van der Waals surface area contributed by atoms with Crippen LogP contribution < -0.4 is 5.32 Å². The Bertz CT molecular complexity index is 792. The summed E-state index contributed by atoms with van der Waals surface area (Å²) in [4.78, 5) is 27.3. The second kappa shape index (κ2) is 11.7. The number of aryl methyl sites for hydroxylation is 1. The minimum absolute atomic E-state index is 0.0142. The summed E-state index contributed by atoms with van der Waals surface area (Å²) in [6, 6.07) is 17.5. The van der Waals surface area contributed by atoms with E-state index in [0.29, 0.717) is 24.8 Å². The van der Waals surface area contributed by atoms with Gasteiger partial charge in [-0.25, -0.2) is 0 Å². The number of amides is 2. The molecule has 5 heteroatoms. The molecule has 0 aliphatic rings. The number of nitrogens with zero attached hydrogens (tertiary/aromatic N) is 1. The highest BCUT2D eigenvalue weighted by atomic mass is 32.2. The highest BCUT2D eigenvalue weighted by Gasteiger charge is 2.26. The van der Waals surface area contributed by atoms with E-state index in [1.807, 2.05) is 49.4 Å². The fourth-order valence-electron chi connectivity index (χ4n) is 2.92. The summed E-state index contributed by atoms with van der Waals surface area (Å²) in [5.74, 6) is 1.38. The molecule has 2 amide bonds. The van der Waals surface area contributed by atoms with Gasteiger partial charge in [0.15, 0.2) is 0 Å². The fourth-order valence-corrected chi connectivity index (χ4v) is 3.90. The van der Waals surface area contributed by atoms with Crippen LogP contribution in [0.15, 0.2) is 54.6 Å². The van der Waals surface area contributed by atoms with Gasteiger partial charge in [-0.1, -0.05) is 68.4 Å². The molecule has 0 bridgehead atoms. The number of thioether (sulfide) groups is 1. The molecule has 0 heterocycles. The van der Waals surface area contributed by atoms with Gasteiger partial charge >= 0.3 is 0 Å². The summed E-state index contributed by atoms with van der Waals surface area (Å²) in [5, 5.41) is 2.95. The second-order valence-corrected chi connectivity index (χ2v) is 8.73. The lowest BCUT2D eigenvalue weighted by Crippen LogP contribution is -2.48. The van der Waals surface area contributed by atoms with Crippen molar-refractivity contribution in [1.82, 2.24) is 10.2 Å². The predicted octanol–water partition coefficient (Wildman–Crippen LogP) is 4.42. The second-order valence-electron chi connectivity index (χ2n) is 7.74. The first-order valence-electron chi connectivity index (χ1n) is 10.1. The molecule has 1 N–H and O–H groups in total. The molecule has 29 heavy (non-hydrogen) atoms. The molecular formula is C24H32N2O2S. The number of carbonyl (C=O) groups is 2. The van der Waals surface area contributed by atoms with Gasteiger partial charge < -0.3 is 10.2 Å². The monoisotopic (exact) mass is 412 g/mol. The Morgan fingerprint density at radius 2 is 1.66 bits per heavy atom. The van der Waals surface area contributed by atoms with E-state index in [2.05, 4.69) is 38.2 Å². The summed E-state index contributed by atoms with van der Waals surface area (Å²) >= 11 is 1.59. The number of carbonyl (C=O) groups excluding carboxylic acids is 2. The van der Waals surface area contributed by atoms with Crippen molar-refractivity contribution in [3.05, 3.63) is 71.3 Å². The largest absolute Gasteiger partial charge is 0.354 e. The van der Waals surface area contributed by atoms with Gasteiger partial charge in [0.25, 0.3) is 0 Å². The zero-order valence-corrected chi connectivity index (χ0v) is 18.7. The Morgan fingerprint density at radius 1 is 1.00 bits per heavy atom. The first-order chi connectivity index (χ1) is 13.9. The third kappa shape index (κ3) is 7.58. The van der Waals surface area contributed by atoms with Gasteiger partial charge in [0.05, 0.1) is 5.75 Å². The van der Waals surface area contributed by atoms with Crippen LogP contribution in [0.25, 0.3) is 0 Å². The Hall–Kier alpha value is -2.27. The first-order valence-corrected chi connectivity index (χ1v) is 11.3. The molecule has 1 unspecified atom stereocenters. The SMILES string of the molecule is Cc1ccccc1CSCC(=O)N(Cc1ccccc1)C(C)C(=O)NCC(C)C. The predicted molar refractivity (Wildman–Crippen MR) is 122 cm³/mol. The Balaban J connectivity index is 2.03. The molecule has 0 saturated carbocycles. The van der Waals surface area contributed by atoms with Crippen molar-refractivity contribution < 1.29 is 9.59 Å². The highest BCUT2D eigenvalue weighted by Crippen LogP contribution is 2.18. The van der Waals surface area contributed by atoms with E-state index in [4.69, 9.17) is 0 Å². The summed E-state index contributed by atoms with van der Waals surface area (Å²) in [5.41, 5.74) is 3.49. The van der Waals surface area contributed by atoms with E-state index >= 15 is 0 Å². The minimum Gasteiger partial charge on any atom is -0.354 e. The summed E-state index contributed by atoms with van der Waals surface area (Å²) in [6.45, 7) is 9.04. The van der Waals surface area contributed by atoms with Gasteiger partial charge in [-0.05, 0) is 36.5 Å². The molecule has 0 spiro atoms. The third-order valence-electron chi connectivity index (χ3n) is 4.79. The summed E-state index contributed by atoms with van der Waals surface area (Å²) in [6.07, 6.45) is 0. The first kappa shape index (κ1) is 23.0. The smallest absolute Gasteiger partial charge is 0.242 e. The number of hydrogen-bond donors (Lipinski definition) is 1. The van der Waals surface area contributed by atoms with E-state index in [-0.39, 0.29) is 11.8 Å². The maximum atomic E-state index is 13.0. The van der Waals surface area contributed by atoms with E-state index in [9.17, 15) is 9.59 Å². The number of nitrogens with one attached hydrogen (secondary N) is 1. The third-order valence-corrected chi connectivity index (χ3v) is 5.76. The topological polar surface area (TPSA) is 49.4 Å². The Kier molecular flexibility index (Phi) is 9.26. The molecule has 0 aliphatic carbocycles. The van der Waals surface area contributed by atoms with Crippen LogP contribution in [0.4, 0.5) is 0 Å². The normalized spacial score (nSPS) is 11.9. The quantitative estimate of drug-likeness (QED) is 0.628. The van der Waals surface area contributed by atoms with Crippen LogP contribution in [0.1, 0.15) is 37.5 Å². The van der Waals surface area contributed by atoms with Gasteiger partial charge in [-0.3, -0.25) is 9.59 Å². The molecule has 0 radical (unpaired) electrons. The molecule has 0 aliphatic heterocycles. The summed E-state index contributed by atoms with van der Waals surface area (Å²) in [7, 11) is 0. The minimum atomic E-state index is -0.513. The zero-order valence-electron chi connectivity index (χ0n) is 17.9. The molecule has 2 aromatic rings. The van der Waals surface area contributed by atoms with Crippen LogP contribution >= 0.6 is 11.8 Å². The average Bonchev–Trinajstić information content (AvgIpc) is 2.71. The standard InChI is InChI=1S/C24H32N2O2S/c1-18(2)14-25-24(28)20(4)26(15-21-11-6-5-7-12-21)23(27)17-29-16-22-13-9-8-10-19(22)3/h5-13,18,20H,14-17H2,1-4H3,(H,25,28). The lowest BCUT2D eigenvalue weighted by Gasteiger charge is -2.29. The Morgan fingerprint density at radius 3 is 2.31 bits per heavy atom. The van der Waals surface area contributed by atoms with Gasteiger partial charge in [-0.2, -0.15) is 0 Å². The number of rotatable bonds is 10. The van der Waals surface area contributed by atoms with Crippen molar-refractivity contribution in [2.24, 2.45) is 5.92 Å². The maximum absolute atomic E-state index is 13.0. The molecule has 0 aromatic heterocycles. The lowest BCUT2D eigenvalue weighted by atomic mass is 10.1. The van der Waals surface area contributed by atoms with E-state index in [1.165, 1.54) is 11.1 Å². The molecule has 0 fully saturated rings. The van der Waals surface area contributed by atoms with Crippen LogP contribution in [0.5, 0.6) is 0 Å². The molecule has 0 saturated heterocycles. The van der Waals surface area contributed by atoms with Crippen LogP contribution in [-0.2, 0) is 21.9 Å². The molecular weight excluding hydrogens is 380 g/mol. The van der Waals surface area contributed by atoms with Crippen LogP contribution in [-0.4, -0.2) is 35.1 Å².